The summed E-state index contributed by atoms with van der Waals surface area (Å²) in [7, 11) is 1.92. The first kappa shape index (κ1) is 14.5. The van der Waals surface area contributed by atoms with Gasteiger partial charge in [-0.3, -0.25) is 9.69 Å². The van der Waals surface area contributed by atoms with Crippen LogP contribution in [0.4, 0.5) is 0 Å². The maximum atomic E-state index is 12.5. The van der Waals surface area contributed by atoms with Crippen molar-refractivity contribution in [2.45, 2.75) is 31.2 Å². The second-order valence-electron chi connectivity index (χ2n) is 5.25. The molecule has 1 aromatic carbocycles. The maximum absolute atomic E-state index is 12.5. The summed E-state index contributed by atoms with van der Waals surface area (Å²) < 4.78 is 5.30. The minimum Gasteiger partial charge on any atom is -0.465 e. The molecule has 2 atom stereocenters. The van der Waals surface area contributed by atoms with Crippen LogP contribution in [0.2, 0.25) is 0 Å². The predicted octanol–water partition coefficient (Wildman–Crippen LogP) is 2.11. The Morgan fingerprint density at radius 2 is 2.20 bits per heavy atom. The van der Waals surface area contributed by atoms with Crippen molar-refractivity contribution >= 4 is 5.97 Å². The number of nitrogens with zero attached hydrogens (tertiary/aromatic N) is 2. The molecule has 0 aromatic heterocycles. The van der Waals surface area contributed by atoms with Crippen LogP contribution < -0.4 is 0 Å². The van der Waals surface area contributed by atoms with E-state index < -0.39 is 5.41 Å². The van der Waals surface area contributed by atoms with Gasteiger partial charge in [0.1, 0.15) is 0 Å². The zero-order valence-electron chi connectivity index (χ0n) is 12.0. The Bertz CT molecular complexity index is 509. The third-order valence-corrected chi connectivity index (χ3v) is 4.11. The largest absolute Gasteiger partial charge is 0.465 e. The molecule has 0 saturated carbocycles. The van der Waals surface area contributed by atoms with E-state index in [2.05, 4.69) is 6.07 Å². The number of hydrogen-bond acceptors (Lipinski definition) is 4. The van der Waals surface area contributed by atoms with E-state index in [4.69, 9.17) is 4.74 Å². The van der Waals surface area contributed by atoms with Crippen molar-refractivity contribution in [1.82, 2.24) is 4.90 Å². The third kappa shape index (κ3) is 2.54. The van der Waals surface area contributed by atoms with Gasteiger partial charge < -0.3 is 4.74 Å². The standard InChI is InChI=1S/C16H20N2O2/c1-3-20-15(19)16(13-7-5-4-6-8-13)9-10-18(2)14(11-16)12-17/h4-8,14H,3,9-11H2,1-2H3. The monoisotopic (exact) mass is 272 g/mol. The van der Waals surface area contributed by atoms with Crippen LogP contribution in [0, 0.1) is 11.3 Å². The Morgan fingerprint density at radius 1 is 1.50 bits per heavy atom. The molecular weight excluding hydrogens is 252 g/mol. The number of ether oxygens (including phenoxy) is 1. The van der Waals surface area contributed by atoms with Gasteiger partial charge in [0.15, 0.2) is 0 Å². The molecule has 0 amide bonds. The molecule has 0 aliphatic carbocycles. The molecule has 0 spiro atoms. The predicted molar refractivity (Wildman–Crippen MR) is 76.0 cm³/mol. The van der Waals surface area contributed by atoms with Gasteiger partial charge >= 0.3 is 5.97 Å². The van der Waals surface area contributed by atoms with E-state index in [9.17, 15) is 10.1 Å². The number of carbonyl (C=O) groups excluding carboxylic acids is 1. The summed E-state index contributed by atoms with van der Waals surface area (Å²) in [5.74, 6) is -0.209. The Balaban J connectivity index is 2.41. The molecule has 0 N–H and O–H groups in total. The van der Waals surface area contributed by atoms with Gasteiger partial charge in [0.2, 0.25) is 0 Å². The zero-order chi connectivity index (χ0) is 14.6. The fraction of sp³-hybridized carbons (Fsp3) is 0.500. The van der Waals surface area contributed by atoms with Gasteiger partial charge in [-0.2, -0.15) is 5.26 Å². The first-order valence-corrected chi connectivity index (χ1v) is 6.96. The molecule has 1 saturated heterocycles. The number of likely N-dealkylation sites (tertiary alicyclic amines) is 1. The Kier molecular flexibility index (Phi) is 4.41. The average molecular weight is 272 g/mol. The molecule has 1 heterocycles. The highest BCUT2D eigenvalue weighted by Crippen LogP contribution is 2.38. The van der Waals surface area contributed by atoms with Crippen molar-refractivity contribution in [2.75, 3.05) is 20.2 Å². The average Bonchev–Trinajstić information content (AvgIpc) is 2.49. The van der Waals surface area contributed by atoms with Gasteiger partial charge in [-0.1, -0.05) is 30.3 Å². The van der Waals surface area contributed by atoms with Gasteiger partial charge in [-0.25, -0.2) is 0 Å². The summed E-state index contributed by atoms with van der Waals surface area (Å²) in [4.78, 5) is 14.5. The number of piperidine rings is 1. The van der Waals surface area contributed by atoms with Crippen LogP contribution in [0.1, 0.15) is 25.3 Å². The van der Waals surface area contributed by atoms with Crippen molar-refractivity contribution < 1.29 is 9.53 Å². The topological polar surface area (TPSA) is 53.3 Å². The first-order valence-electron chi connectivity index (χ1n) is 6.96. The van der Waals surface area contributed by atoms with Crippen molar-refractivity contribution in [1.29, 1.82) is 5.26 Å². The summed E-state index contributed by atoms with van der Waals surface area (Å²) in [6.45, 7) is 2.89. The second kappa shape index (κ2) is 6.06. The van der Waals surface area contributed by atoms with E-state index in [1.54, 1.807) is 0 Å². The number of esters is 1. The molecule has 1 aromatic rings. The van der Waals surface area contributed by atoms with E-state index in [1.165, 1.54) is 0 Å². The molecule has 2 rings (SSSR count). The molecule has 2 unspecified atom stereocenters. The minimum absolute atomic E-state index is 0.209. The van der Waals surface area contributed by atoms with Crippen molar-refractivity contribution in [3.63, 3.8) is 0 Å². The van der Waals surface area contributed by atoms with E-state index >= 15 is 0 Å². The zero-order valence-corrected chi connectivity index (χ0v) is 12.0. The Hall–Kier alpha value is -1.86. The van der Waals surface area contributed by atoms with Crippen molar-refractivity contribution in [2.24, 2.45) is 0 Å². The van der Waals surface area contributed by atoms with Gasteiger partial charge in [-0.05, 0) is 32.4 Å². The van der Waals surface area contributed by atoms with Crippen LogP contribution in [-0.2, 0) is 14.9 Å². The van der Waals surface area contributed by atoms with Gasteiger partial charge in [-0.15, -0.1) is 0 Å². The number of benzene rings is 1. The van der Waals surface area contributed by atoms with Gasteiger partial charge in [0, 0.05) is 6.54 Å². The molecule has 1 aliphatic heterocycles. The fourth-order valence-electron chi connectivity index (χ4n) is 2.85. The lowest BCUT2D eigenvalue weighted by Gasteiger charge is -2.41. The van der Waals surface area contributed by atoms with E-state index in [0.29, 0.717) is 26.0 Å². The number of carbonyl (C=O) groups is 1. The Morgan fingerprint density at radius 3 is 2.80 bits per heavy atom. The van der Waals surface area contributed by atoms with Crippen molar-refractivity contribution in [3.8, 4) is 6.07 Å². The van der Waals surface area contributed by atoms with Crippen LogP contribution >= 0.6 is 0 Å². The van der Waals surface area contributed by atoms with Crippen LogP contribution in [0.5, 0.6) is 0 Å². The van der Waals surface area contributed by atoms with Gasteiger partial charge in [0.05, 0.1) is 24.1 Å². The molecule has 106 valence electrons. The minimum atomic E-state index is -0.690. The van der Waals surface area contributed by atoms with E-state index in [-0.39, 0.29) is 12.0 Å². The molecule has 4 heteroatoms. The highest BCUT2D eigenvalue weighted by Gasteiger charge is 2.47. The maximum Gasteiger partial charge on any atom is 0.316 e. The number of hydrogen-bond donors (Lipinski definition) is 0. The molecule has 20 heavy (non-hydrogen) atoms. The fourth-order valence-corrected chi connectivity index (χ4v) is 2.85. The van der Waals surface area contributed by atoms with Crippen LogP contribution in [0.3, 0.4) is 0 Å². The Labute approximate surface area is 120 Å². The molecular formula is C16H20N2O2. The molecule has 1 aliphatic rings. The normalized spacial score (nSPS) is 26.8. The summed E-state index contributed by atoms with van der Waals surface area (Å²) in [5.41, 5.74) is 0.260. The SMILES string of the molecule is CCOC(=O)C1(c2ccccc2)CCN(C)C(C#N)C1. The third-order valence-electron chi connectivity index (χ3n) is 4.11. The van der Waals surface area contributed by atoms with Gasteiger partial charge in [0.25, 0.3) is 0 Å². The number of rotatable bonds is 3. The molecule has 0 bridgehead atoms. The lowest BCUT2D eigenvalue weighted by Crippen LogP contribution is -2.51. The summed E-state index contributed by atoms with van der Waals surface area (Å²) in [6, 6.07) is 11.7. The van der Waals surface area contributed by atoms with Crippen LogP contribution in [0.25, 0.3) is 0 Å². The molecule has 1 fully saturated rings. The second-order valence-corrected chi connectivity index (χ2v) is 5.25. The lowest BCUT2D eigenvalue weighted by atomic mass is 9.70. The first-order chi connectivity index (χ1) is 9.64. The smallest absolute Gasteiger partial charge is 0.316 e. The van der Waals surface area contributed by atoms with E-state index in [0.717, 1.165) is 5.56 Å². The lowest BCUT2D eigenvalue weighted by molar-refractivity contribution is -0.152. The van der Waals surface area contributed by atoms with E-state index in [1.807, 2.05) is 49.2 Å². The summed E-state index contributed by atoms with van der Waals surface area (Å²) in [5, 5.41) is 9.31. The summed E-state index contributed by atoms with van der Waals surface area (Å²) in [6.07, 6.45) is 1.17. The highest BCUT2D eigenvalue weighted by atomic mass is 16.5. The summed E-state index contributed by atoms with van der Waals surface area (Å²) >= 11 is 0. The number of nitriles is 1. The van der Waals surface area contributed by atoms with Crippen LogP contribution in [-0.4, -0.2) is 37.1 Å². The molecule has 0 radical (unpaired) electrons. The van der Waals surface area contributed by atoms with Crippen molar-refractivity contribution in [3.05, 3.63) is 35.9 Å². The quantitative estimate of drug-likeness (QED) is 0.791. The molecule has 4 nitrogen and oxygen atoms in total. The van der Waals surface area contributed by atoms with Crippen LogP contribution in [0.15, 0.2) is 30.3 Å². The highest BCUT2D eigenvalue weighted by molar-refractivity contribution is 5.83.